The van der Waals surface area contributed by atoms with Crippen molar-refractivity contribution in [3.8, 4) is 0 Å². The molecule has 5 heteroatoms. The summed E-state index contributed by atoms with van der Waals surface area (Å²) in [4.78, 5) is 12.4. The number of anilines is 2. The van der Waals surface area contributed by atoms with Gasteiger partial charge in [-0.2, -0.15) is 0 Å². The molecule has 94 valence electrons. The van der Waals surface area contributed by atoms with Crippen LogP contribution in [-0.4, -0.2) is 15.0 Å². The van der Waals surface area contributed by atoms with E-state index in [-0.39, 0.29) is 0 Å². The van der Waals surface area contributed by atoms with Gasteiger partial charge in [0.25, 0.3) is 0 Å². The van der Waals surface area contributed by atoms with Gasteiger partial charge in [0.15, 0.2) is 0 Å². The second kappa shape index (κ2) is 4.89. The van der Waals surface area contributed by atoms with Crippen LogP contribution in [0.3, 0.4) is 0 Å². The minimum atomic E-state index is 0.452. The van der Waals surface area contributed by atoms with Crippen LogP contribution in [0.15, 0.2) is 48.9 Å². The number of hydrogen-bond donors (Lipinski definition) is 2. The average molecular weight is 251 g/mol. The third kappa shape index (κ3) is 2.44. The molecule has 2 heterocycles. The molecule has 3 N–H and O–H groups in total. The molecule has 0 unspecified atom stereocenters. The molecule has 0 amide bonds. The summed E-state index contributed by atoms with van der Waals surface area (Å²) in [5.74, 6) is 1.16. The van der Waals surface area contributed by atoms with E-state index >= 15 is 0 Å². The molecule has 0 aliphatic heterocycles. The Morgan fingerprint density at radius 1 is 1.05 bits per heavy atom. The second-order valence-electron chi connectivity index (χ2n) is 4.17. The van der Waals surface area contributed by atoms with Crippen molar-refractivity contribution in [3.05, 3.63) is 54.5 Å². The summed E-state index contributed by atoms with van der Waals surface area (Å²) in [7, 11) is 0. The number of pyridine rings is 1. The molecule has 0 aliphatic rings. The van der Waals surface area contributed by atoms with E-state index in [4.69, 9.17) is 5.73 Å². The highest BCUT2D eigenvalue weighted by Gasteiger charge is 2.02. The third-order valence-electron chi connectivity index (χ3n) is 2.86. The van der Waals surface area contributed by atoms with Crippen molar-refractivity contribution in [1.29, 1.82) is 0 Å². The minimum absolute atomic E-state index is 0.452. The van der Waals surface area contributed by atoms with Gasteiger partial charge in [-0.1, -0.05) is 24.3 Å². The molecule has 19 heavy (non-hydrogen) atoms. The van der Waals surface area contributed by atoms with Crippen molar-refractivity contribution < 1.29 is 0 Å². The summed E-state index contributed by atoms with van der Waals surface area (Å²) in [6.07, 6.45) is 3.24. The largest absolute Gasteiger partial charge is 0.384 e. The van der Waals surface area contributed by atoms with E-state index in [9.17, 15) is 0 Å². The Bertz CT molecular complexity index is 706. The third-order valence-corrected chi connectivity index (χ3v) is 2.86. The normalized spacial score (nSPS) is 10.5. The second-order valence-corrected chi connectivity index (χ2v) is 4.17. The number of fused-ring (bicyclic) bond motifs is 1. The lowest BCUT2D eigenvalue weighted by Gasteiger charge is -2.08. The van der Waals surface area contributed by atoms with Crippen LogP contribution in [0.4, 0.5) is 11.6 Å². The zero-order chi connectivity index (χ0) is 13.1. The van der Waals surface area contributed by atoms with Crippen molar-refractivity contribution >= 4 is 22.5 Å². The molecule has 0 fully saturated rings. The van der Waals surface area contributed by atoms with Crippen molar-refractivity contribution in [1.82, 2.24) is 15.0 Å². The molecule has 0 radical (unpaired) electrons. The lowest BCUT2D eigenvalue weighted by molar-refractivity contribution is 1.09. The van der Waals surface area contributed by atoms with E-state index in [1.54, 1.807) is 12.3 Å². The first-order valence-electron chi connectivity index (χ1n) is 5.97. The molecule has 0 saturated carbocycles. The van der Waals surface area contributed by atoms with Gasteiger partial charge in [-0.25, -0.2) is 9.97 Å². The average Bonchev–Trinajstić information content (AvgIpc) is 2.45. The highest BCUT2D eigenvalue weighted by atomic mass is 15.0. The Labute approximate surface area is 110 Å². The van der Waals surface area contributed by atoms with Gasteiger partial charge in [-0.15, -0.1) is 0 Å². The highest BCUT2D eigenvalue weighted by Crippen LogP contribution is 2.17. The van der Waals surface area contributed by atoms with E-state index < -0.39 is 0 Å². The van der Waals surface area contributed by atoms with Gasteiger partial charge in [0.1, 0.15) is 18.0 Å². The molecular formula is C14H13N5. The number of benzene rings is 1. The van der Waals surface area contributed by atoms with E-state index in [0.29, 0.717) is 18.2 Å². The van der Waals surface area contributed by atoms with Crippen molar-refractivity contribution in [2.45, 2.75) is 6.54 Å². The molecular weight excluding hydrogens is 238 g/mol. The maximum atomic E-state index is 5.61. The van der Waals surface area contributed by atoms with Crippen molar-refractivity contribution in [2.24, 2.45) is 0 Å². The maximum absolute atomic E-state index is 5.61. The zero-order valence-electron chi connectivity index (χ0n) is 10.2. The van der Waals surface area contributed by atoms with E-state index in [1.807, 2.05) is 18.2 Å². The molecule has 0 spiro atoms. The molecule has 0 bridgehead atoms. The fourth-order valence-corrected chi connectivity index (χ4v) is 1.96. The maximum Gasteiger partial charge on any atom is 0.131 e. The first kappa shape index (κ1) is 11.4. The van der Waals surface area contributed by atoms with Crippen LogP contribution in [0.5, 0.6) is 0 Å². The fraction of sp³-hybridized carbons (Fsp3) is 0.0714. The number of para-hydroxylation sites is 1. The van der Waals surface area contributed by atoms with Gasteiger partial charge in [0.2, 0.25) is 0 Å². The molecule has 0 aliphatic carbocycles. The van der Waals surface area contributed by atoms with Gasteiger partial charge in [-0.3, -0.25) is 4.98 Å². The van der Waals surface area contributed by atoms with Crippen LogP contribution >= 0.6 is 0 Å². The van der Waals surface area contributed by atoms with Crippen LogP contribution in [0.1, 0.15) is 5.56 Å². The van der Waals surface area contributed by atoms with Crippen LogP contribution in [-0.2, 0) is 6.54 Å². The summed E-state index contributed by atoms with van der Waals surface area (Å²) < 4.78 is 0. The van der Waals surface area contributed by atoms with Gasteiger partial charge in [0.05, 0.1) is 5.52 Å². The summed E-state index contributed by atoms with van der Waals surface area (Å²) in [5.41, 5.74) is 7.73. The molecule has 0 saturated heterocycles. The quantitative estimate of drug-likeness (QED) is 0.746. The molecule has 3 rings (SSSR count). The summed E-state index contributed by atoms with van der Waals surface area (Å²) in [6.45, 7) is 0.644. The highest BCUT2D eigenvalue weighted by molar-refractivity contribution is 5.81. The number of rotatable bonds is 3. The first-order chi connectivity index (χ1) is 9.33. The number of nitrogens with zero attached hydrogens (tertiary/aromatic N) is 3. The molecule has 5 nitrogen and oxygen atoms in total. The predicted octanol–water partition coefficient (Wildman–Crippen LogP) is 2.22. The monoisotopic (exact) mass is 251 g/mol. The van der Waals surface area contributed by atoms with E-state index in [0.717, 1.165) is 16.5 Å². The van der Waals surface area contributed by atoms with Gasteiger partial charge in [0, 0.05) is 24.2 Å². The number of nitrogens with one attached hydrogen (secondary N) is 1. The van der Waals surface area contributed by atoms with Gasteiger partial charge < -0.3 is 11.1 Å². The van der Waals surface area contributed by atoms with Crippen LogP contribution < -0.4 is 11.1 Å². The summed E-state index contributed by atoms with van der Waals surface area (Å²) in [6, 6.07) is 11.8. The fourth-order valence-electron chi connectivity index (χ4n) is 1.96. The van der Waals surface area contributed by atoms with Crippen LogP contribution in [0, 0.1) is 0 Å². The lowest BCUT2D eigenvalue weighted by Crippen LogP contribution is -2.03. The molecule has 2 aromatic heterocycles. The van der Waals surface area contributed by atoms with Gasteiger partial charge in [-0.05, 0) is 11.6 Å². The number of nitrogen functional groups attached to an aromatic ring is 1. The summed E-state index contributed by atoms with van der Waals surface area (Å²) in [5, 5.41) is 4.35. The predicted molar refractivity (Wildman–Crippen MR) is 75.5 cm³/mol. The number of hydrogen-bond acceptors (Lipinski definition) is 5. The summed E-state index contributed by atoms with van der Waals surface area (Å²) >= 11 is 0. The lowest BCUT2D eigenvalue weighted by atomic mass is 10.1. The molecule has 3 aromatic rings. The van der Waals surface area contributed by atoms with Crippen molar-refractivity contribution in [2.75, 3.05) is 11.1 Å². The van der Waals surface area contributed by atoms with E-state index in [2.05, 4.69) is 32.4 Å². The number of nitrogens with two attached hydrogens (primary N) is 1. The van der Waals surface area contributed by atoms with Gasteiger partial charge >= 0.3 is 0 Å². The van der Waals surface area contributed by atoms with Crippen molar-refractivity contribution in [3.63, 3.8) is 0 Å². The number of aromatic nitrogens is 3. The molecule has 0 atom stereocenters. The zero-order valence-corrected chi connectivity index (χ0v) is 10.2. The smallest absolute Gasteiger partial charge is 0.131 e. The van der Waals surface area contributed by atoms with Crippen LogP contribution in [0.2, 0.25) is 0 Å². The Hall–Kier alpha value is -2.69. The van der Waals surface area contributed by atoms with Crippen LogP contribution in [0.25, 0.3) is 10.9 Å². The SMILES string of the molecule is Nc1cc(NCc2cccc3cccnc23)ncn1. The minimum Gasteiger partial charge on any atom is -0.384 e. The molecule has 1 aromatic carbocycles. The Morgan fingerprint density at radius 3 is 2.84 bits per heavy atom. The Balaban J connectivity index is 1.86. The Kier molecular flexibility index (Phi) is 2.94. The Morgan fingerprint density at radius 2 is 1.95 bits per heavy atom. The standard InChI is InChI=1S/C14H13N5/c15-12-7-13(19-9-18-12)17-8-11-4-1-3-10-5-2-6-16-14(10)11/h1-7,9H,8H2,(H3,15,17,18,19). The topological polar surface area (TPSA) is 76.7 Å². The van der Waals surface area contributed by atoms with E-state index in [1.165, 1.54) is 6.33 Å². The first-order valence-corrected chi connectivity index (χ1v) is 5.97.